The molecule has 0 atom stereocenters. The summed E-state index contributed by atoms with van der Waals surface area (Å²) >= 11 is 1.11. The van der Waals surface area contributed by atoms with Crippen LogP contribution in [0.5, 0.6) is 0 Å². The highest BCUT2D eigenvalue weighted by molar-refractivity contribution is 7.00. The van der Waals surface area contributed by atoms with Crippen LogP contribution in [-0.4, -0.2) is 20.6 Å². The lowest BCUT2D eigenvalue weighted by Crippen LogP contribution is -2.30. The van der Waals surface area contributed by atoms with Crippen LogP contribution >= 0.6 is 11.7 Å². The van der Waals surface area contributed by atoms with E-state index < -0.39 is 0 Å². The maximum Gasteiger partial charge on any atom is 0.266 e. The molecule has 1 aromatic heterocycles. The lowest BCUT2D eigenvalue weighted by molar-refractivity contribution is 0.0926. The van der Waals surface area contributed by atoms with Crippen LogP contribution in [0.4, 0.5) is 5.69 Å². The SMILES string of the molecule is Cc1cc2nsnc2cc1N1C(=O)c2ccccc2C1=O. The fourth-order valence-corrected chi connectivity index (χ4v) is 3.08. The molecule has 0 aliphatic carbocycles. The van der Waals surface area contributed by atoms with Crippen LogP contribution in [0.25, 0.3) is 11.0 Å². The number of nitrogens with zero attached hydrogens (tertiary/aromatic N) is 3. The first-order valence-corrected chi connectivity index (χ1v) is 7.10. The number of carbonyl (C=O) groups is 2. The largest absolute Gasteiger partial charge is 0.268 e. The highest BCUT2D eigenvalue weighted by Gasteiger charge is 2.37. The molecule has 0 saturated heterocycles. The fourth-order valence-electron chi connectivity index (χ4n) is 2.57. The second-order valence-corrected chi connectivity index (χ2v) is 5.41. The summed E-state index contributed by atoms with van der Waals surface area (Å²) in [6.07, 6.45) is 0. The highest BCUT2D eigenvalue weighted by Crippen LogP contribution is 2.32. The number of benzene rings is 2. The molecular weight excluding hydrogens is 286 g/mol. The van der Waals surface area contributed by atoms with E-state index in [2.05, 4.69) is 8.75 Å². The molecule has 0 N–H and O–H groups in total. The summed E-state index contributed by atoms with van der Waals surface area (Å²) in [5, 5.41) is 0. The average Bonchev–Trinajstić information content (AvgIpc) is 3.03. The van der Waals surface area contributed by atoms with Crippen molar-refractivity contribution in [2.45, 2.75) is 6.92 Å². The Morgan fingerprint density at radius 2 is 1.52 bits per heavy atom. The van der Waals surface area contributed by atoms with Gasteiger partial charge in [-0.25, -0.2) is 4.90 Å². The van der Waals surface area contributed by atoms with Crippen LogP contribution in [0.2, 0.25) is 0 Å². The minimum absolute atomic E-state index is 0.291. The molecule has 1 aliphatic heterocycles. The van der Waals surface area contributed by atoms with Crippen molar-refractivity contribution in [1.29, 1.82) is 0 Å². The predicted molar refractivity (Wildman–Crippen MR) is 79.7 cm³/mol. The number of rotatable bonds is 1. The van der Waals surface area contributed by atoms with E-state index in [4.69, 9.17) is 0 Å². The van der Waals surface area contributed by atoms with Crippen molar-refractivity contribution in [2.75, 3.05) is 4.90 Å². The van der Waals surface area contributed by atoms with Gasteiger partial charge in [-0.05, 0) is 36.8 Å². The molecule has 2 amide bonds. The van der Waals surface area contributed by atoms with E-state index in [9.17, 15) is 9.59 Å². The van der Waals surface area contributed by atoms with Crippen molar-refractivity contribution in [3.63, 3.8) is 0 Å². The molecule has 4 rings (SSSR count). The molecule has 0 unspecified atom stereocenters. The Balaban J connectivity index is 1.92. The van der Waals surface area contributed by atoms with Crippen molar-refractivity contribution in [1.82, 2.24) is 8.75 Å². The third-order valence-electron chi connectivity index (χ3n) is 3.61. The van der Waals surface area contributed by atoms with Gasteiger partial charge in [-0.1, -0.05) is 12.1 Å². The quantitative estimate of drug-likeness (QED) is 0.648. The Bertz CT molecular complexity index is 881. The van der Waals surface area contributed by atoms with Gasteiger partial charge in [0.2, 0.25) is 0 Å². The highest BCUT2D eigenvalue weighted by atomic mass is 32.1. The summed E-state index contributed by atoms with van der Waals surface area (Å²) < 4.78 is 8.34. The monoisotopic (exact) mass is 295 g/mol. The van der Waals surface area contributed by atoms with E-state index in [-0.39, 0.29) is 11.8 Å². The number of fused-ring (bicyclic) bond motifs is 2. The van der Waals surface area contributed by atoms with Crippen LogP contribution in [0.1, 0.15) is 26.3 Å². The standard InChI is InChI=1S/C15H9N3O2S/c1-8-6-11-12(17-21-16-11)7-13(8)18-14(19)9-4-2-3-5-10(9)15(18)20/h2-7H,1H3. The molecule has 102 valence electrons. The zero-order valence-corrected chi connectivity index (χ0v) is 11.8. The zero-order valence-electron chi connectivity index (χ0n) is 11.0. The van der Waals surface area contributed by atoms with Crippen molar-refractivity contribution < 1.29 is 9.59 Å². The summed E-state index contributed by atoms with van der Waals surface area (Å²) in [5.41, 5.74) is 3.75. The van der Waals surface area contributed by atoms with Gasteiger partial charge < -0.3 is 0 Å². The number of hydrogen-bond donors (Lipinski definition) is 0. The Morgan fingerprint density at radius 3 is 2.14 bits per heavy atom. The molecule has 3 aromatic rings. The summed E-state index contributed by atoms with van der Waals surface area (Å²) in [4.78, 5) is 26.2. The van der Waals surface area contributed by atoms with Gasteiger partial charge in [0.15, 0.2) is 0 Å². The molecule has 21 heavy (non-hydrogen) atoms. The van der Waals surface area contributed by atoms with Gasteiger partial charge in [-0.2, -0.15) is 8.75 Å². The summed E-state index contributed by atoms with van der Waals surface area (Å²) in [6, 6.07) is 10.5. The number of anilines is 1. The topological polar surface area (TPSA) is 63.2 Å². The first-order valence-electron chi connectivity index (χ1n) is 6.37. The molecule has 6 heteroatoms. The smallest absolute Gasteiger partial charge is 0.266 e. The molecule has 0 spiro atoms. The van der Waals surface area contributed by atoms with Crippen LogP contribution in [-0.2, 0) is 0 Å². The van der Waals surface area contributed by atoms with Gasteiger partial charge in [0.05, 0.1) is 28.5 Å². The van der Waals surface area contributed by atoms with E-state index in [1.165, 1.54) is 4.90 Å². The minimum Gasteiger partial charge on any atom is -0.268 e. The summed E-state index contributed by atoms with van der Waals surface area (Å²) in [7, 11) is 0. The lowest BCUT2D eigenvalue weighted by Gasteiger charge is -2.16. The number of imide groups is 1. The minimum atomic E-state index is -0.291. The molecule has 0 radical (unpaired) electrons. The third-order valence-corrected chi connectivity index (χ3v) is 4.16. The molecule has 2 aromatic carbocycles. The first kappa shape index (κ1) is 12.2. The third kappa shape index (κ3) is 1.62. The van der Waals surface area contributed by atoms with Crippen molar-refractivity contribution in [2.24, 2.45) is 0 Å². The predicted octanol–water partition coefficient (Wildman–Crippen LogP) is 2.80. The molecule has 0 bridgehead atoms. The molecule has 5 nitrogen and oxygen atoms in total. The Kier molecular flexibility index (Phi) is 2.43. The summed E-state index contributed by atoms with van der Waals surface area (Å²) in [5.74, 6) is -0.581. The lowest BCUT2D eigenvalue weighted by atomic mass is 10.1. The van der Waals surface area contributed by atoms with E-state index >= 15 is 0 Å². The molecule has 0 fully saturated rings. The van der Waals surface area contributed by atoms with E-state index in [1.807, 2.05) is 13.0 Å². The van der Waals surface area contributed by atoms with Gasteiger partial charge in [0.25, 0.3) is 11.8 Å². The van der Waals surface area contributed by atoms with Gasteiger partial charge in [0.1, 0.15) is 11.0 Å². The van der Waals surface area contributed by atoms with Gasteiger partial charge >= 0.3 is 0 Å². The Hall–Kier alpha value is -2.60. The normalized spacial score (nSPS) is 14.0. The number of amides is 2. The summed E-state index contributed by atoms with van der Waals surface area (Å²) in [6.45, 7) is 1.86. The second-order valence-electron chi connectivity index (χ2n) is 4.88. The van der Waals surface area contributed by atoms with Crippen molar-refractivity contribution in [3.05, 3.63) is 53.1 Å². The number of aromatic nitrogens is 2. The average molecular weight is 295 g/mol. The molecular formula is C15H9N3O2S. The number of aryl methyl sites for hydroxylation is 1. The van der Waals surface area contributed by atoms with Crippen molar-refractivity contribution in [3.8, 4) is 0 Å². The maximum atomic E-state index is 12.5. The number of carbonyl (C=O) groups excluding carboxylic acids is 2. The Labute approximate surface area is 124 Å². The van der Waals surface area contributed by atoms with Gasteiger partial charge in [-0.3, -0.25) is 9.59 Å². The molecule has 1 aliphatic rings. The maximum absolute atomic E-state index is 12.5. The zero-order chi connectivity index (χ0) is 14.6. The fraction of sp³-hybridized carbons (Fsp3) is 0.0667. The second kappa shape index (κ2) is 4.20. The van der Waals surface area contributed by atoms with Crippen molar-refractivity contribution >= 4 is 40.3 Å². The number of hydrogen-bond acceptors (Lipinski definition) is 5. The molecule has 0 saturated carbocycles. The Morgan fingerprint density at radius 1 is 0.952 bits per heavy atom. The van der Waals surface area contributed by atoms with Gasteiger partial charge in [0, 0.05) is 0 Å². The van der Waals surface area contributed by atoms with Gasteiger partial charge in [-0.15, -0.1) is 0 Å². The van der Waals surface area contributed by atoms with Crippen LogP contribution in [0.15, 0.2) is 36.4 Å². The molecule has 2 heterocycles. The van der Waals surface area contributed by atoms with Crippen LogP contribution in [0.3, 0.4) is 0 Å². The van der Waals surface area contributed by atoms with Crippen LogP contribution < -0.4 is 4.90 Å². The van der Waals surface area contributed by atoms with E-state index in [1.54, 1.807) is 30.3 Å². The van der Waals surface area contributed by atoms with E-state index in [0.717, 1.165) is 22.8 Å². The van der Waals surface area contributed by atoms with E-state index in [0.29, 0.717) is 22.3 Å². The first-order chi connectivity index (χ1) is 10.2. The van der Waals surface area contributed by atoms with Crippen LogP contribution in [0, 0.1) is 6.92 Å².